The van der Waals surface area contributed by atoms with Crippen molar-refractivity contribution in [2.45, 2.75) is 76.4 Å². The second kappa shape index (κ2) is 12.2. The van der Waals surface area contributed by atoms with Crippen LogP contribution in [-0.4, -0.2) is 43.3 Å². The monoisotopic (exact) mass is 418 g/mol. The van der Waals surface area contributed by atoms with Crippen molar-refractivity contribution in [2.75, 3.05) is 14.2 Å². The first-order valence-corrected chi connectivity index (χ1v) is 11.2. The van der Waals surface area contributed by atoms with E-state index >= 15 is 0 Å². The summed E-state index contributed by atoms with van der Waals surface area (Å²) in [4.78, 5) is 23.7. The van der Waals surface area contributed by atoms with Gasteiger partial charge in [0.1, 0.15) is 5.78 Å². The fourth-order valence-corrected chi connectivity index (χ4v) is 4.78. The summed E-state index contributed by atoms with van der Waals surface area (Å²) in [6.45, 7) is 3.84. The van der Waals surface area contributed by atoms with Crippen molar-refractivity contribution in [1.82, 2.24) is 0 Å². The number of carbonyl (C=O) groups excluding carboxylic acids is 2. The normalized spacial score (nSPS) is 26.8. The molecule has 0 aliphatic heterocycles. The molecular weight excluding hydrogens is 380 g/mol. The number of Topliss-reactive ketones (excluding diaryl/α,β-unsaturated/α-hetero) is 1. The summed E-state index contributed by atoms with van der Waals surface area (Å²) in [6.07, 6.45) is 17.5. The molecule has 2 aliphatic carbocycles. The lowest BCUT2D eigenvalue weighted by Crippen LogP contribution is -2.40. The van der Waals surface area contributed by atoms with E-state index in [0.717, 1.165) is 32.1 Å². The smallest absolute Gasteiger partial charge is 0.305 e. The fraction of sp³-hybridized carbons (Fsp3) is 0.680. The maximum atomic E-state index is 12.5. The summed E-state index contributed by atoms with van der Waals surface area (Å²) in [6, 6.07) is 0. The Labute approximate surface area is 181 Å². The Morgan fingerprint density at radius 3 is 2.67 bits per heavy atom. The first-order valence-electron chi connectivity index (χ1n) is 11.2. The van der Waals surface area contributed by atoms with Crippen LogP contribution in [-0.2, 0) is 19.1 Å². The van der Waals surface area contributed by atoms with Gasteiger partial charge in [-0.1, -0.05) is 36.8 Å². The summed E-state index contributed by atoms with van der Waals surface area (Å²) < 4.78 is 10.2. The van der Waals surface area contributed by atoms with Crippen LogP contribution in [0.4, 0.5) is 0 Å². The molecule has 2 saturated carbocycles. The van der Waals surface area contributed by atoms with Gasteiger partial charge in [-0.2, -0.15) is 0 Å². The maximum Gasteiger partial charge on any atom is 0.305 e. The highest BCUT2D eigenvalue weighted by atomic mass is 16.5. The van der Waals surface area contributed by atoms with E-state index in [0.29, 0.717) is 25.7 Å². The SMILES string of the molecule is C=CCC1(C(O)CC=C[C@H]2C(OC)CC(=O)[C@@H]2CC=CCCCC(=O)OC)CCC1. The molecule has 30 heavy (non-hydrogen) atoms. The molecule has 0 radical (unpaired) electrons. The van der Waals surface area contributed by atoms with Crippen LogP contribution in [0.15, 0.2) is 37.0 Å². The third-order valence-electron chi connectivity index (χ3n) is 6.87. The Balaban J connectivity index is 1.89. The van der Waals surface area contributed by atoms with E-state index in [1.165, 1.54) is 13.5 Å². The van der Waals surface area contributed by atoms with E-state index in [1.807, 2.05) is 24.3 Å². The molecule has 2 rings (SSSR count). The molecule has 0 amide bonds. The lowest BCUT2D eigenvalue weighted by atomic mass is 9.62. The quantitative estimate of drug-likeness (QED) is 0.270. The highest BCUT2D eigenvalue weighted by Gasteiger charge is 2.42. The Kier molecular flexibility index (Phi) is 9.99. The molecule has 5 heteroatoms. The molecular formula is C25H38O5. The van der Waals surface area contributed by atoms with Crippen LogP contribution in [0.5, 0.6) is 0 Å². The van der Waals surface area contributed by atoms with Crippen molar-refractivity contribution >= 4 is 11.8 Å². The lowest BCUT2D eigenvalue weighted by molar-refractivity contribution is -0.140. The summed E-state index contributed by atoms with van der Waals surface area (Å²) in [7, 11) is 3.06. The number of allylic oxidation sites excluding steroid dienone is 3. The minimum absolute atomic E-state index is 0.00934. The third kappa shape index (κ3) is 6.39. The second-order valence-corrected chi connectivity index (χ2v) is 8.69. The Hall–Kier alpha value is -1.72. The number of methoxy groups -OCH3 is 2. The van der Waals surface area contributed by atoms with Gasteiger partial charge in [-0.15, -0.1) is 6.58 Å². The lowest BCUT2D eigenvalue weighted by Gasteiger charge is -2.45. The zero-order valence-corrected chi connectivity index (χ0v) is 18.6. The number of hydrogen-bond donors (Lipinski definition) is 1. The van der Waals surface area contributed by atoms with Gasteiger partial charge >= 0.3 is 5.97 Å². The Morgan fingerprint density at radius 1 is 1.30 bits per heavy atom. The zero-order chi connectivity index (χ0) is 22.0. The van der Waals surface area contributed by atoms with Gasteiger partial charge in [0, 0.05) is 37.2 Å². The van der Waals surface area contributed by atoms with E-state index in [9.17, 15) is 14.7 Å². The van der Waals surface area contributed by atoms with Crippen LogP contribution in [0.25, 0.3) is 0 Å². The average molecular weight is 419 g/mol. The van der Waals surface area contributed by atoms with Gasteiger partial charge in [0.25, 0.3) is 0 Å². The number of rotatable bonds is 13. The van der Waals surface area contributed by atoms with E-state index in [1.54, 1.807) is 7.11 Å². The average Bonchev–Trinajstić information content (AvgIpc) is 3.01. The van der Waals surface area contributed by atoms with Crippen molar-refractivity contribution < 1.29 is 24.2 Å². The highest BCUT2D eigenvalue weighted by Crippen LogP contribution is 2.48. The largest absolute Gasteiger partial charge is 0.469 e. The third-order valence-corrected chi connectivity index (χ3v) is 6.87. The minimum Gasteiger partial charge on any atom is -0.469 e. The first-order chi connectivity index (χ1) is 14.5. The predicted molar refractivity (Wildman–Crippen MR) is 118 cm³/mol. The van der Waals surface area contributed by atoms with Crippen LogP contribution in [0, 0.1) is 17.3 Å². The fourth-order valence-electron chi connectivity index (χ4n) is 4.78. The maximum absolute atomic E-state index is 12.5. The van der Waals surface area contributed by atoms with Crippen molar-refractivity contribution in [3.63, 3.8) is 0 Å². The molecule has 2 fully saturated rings. The molecule has 0 heterocycles. The Morgan fingerprint density at radius 2 is 2.07 bits per heavy atom. The van der Waals surface area contributed by atoms with Gasteiger partial charge < -0.3 is 14.6 Å². The van der Waals surface area contributed by atoms with E-state index < -0.39 is 0 Å². The van der Waals surface area contributed by atoms with Gasteiger partial charge in [-0.3, -0.25) is 9.59 Å². The van der Waals surface area contributed by atoms with Crippen molar-refractivity contribution in [2.24, 2.45) is 17.3 Å². The number of esters is 1. The van der Waals surface area contributed by atoms with E-state index in [-0.39, 0.29) is 41.2 Å². The number of ketones is 1. The minimum atomic E-state index is -0.369. The van der Waals surface area contributed by atoms with Crippen molar-refractivity contribution in [3.05, 3.63) is 37.0 Å². The number of aliphatic hydroxyl groups excluding tert-OH is 1. The number of hydrogen-bond acceptors (Lipinski definition) is 5. The van der Waals surface area contributed by atoms with Gasteiger partial charge in [0.15, 0.2) is 0 Å². The molecule has 2 unspecified atom stereocenters. The molecule has 4 atom stereocenters. The topological polar surface area (TPSA) is 72.8 Å². The zero-order valence-electron chi connectivity index (χ0n) is 18.6. The van der Waals surface area contributed by atoms with E-state index in [2.05, 4.69) is 17.4 Å². The molecule has 0 spiro atoms. The first kappa shape index (κ1) is 24.5. The molecule has 0 saturated heterocycles. The molecule has 0 bridgehead atoms. The van der Waals surface area contributed by atoms with Crippen molar-refractivity contribution in [3.8, 4) is 0 Å². The number of unbranched alkanes of at least 4 members (excludes halogenated alkanes) is 1. The van der Waals surface area contributed by atoms with Gasteiger partial charge in [0.2, 0.25) is 0 Å². The molecule has 1 N–H and O–H groups in total. The summed E-state index contributed by atoms with van der Waals surface area (Å²) in [5, 5.41) is 10.7. The van der Waals surface area contributed by atoms with Crippen LogP contribution in [0.1, 0.15) is 64.2 Å². The standard InChI is InChI=1S/C25H38O5/c1-4-15-25(16-10-17-25)23(27)13-9-12-20-19(21(26)18-22(20)29-2)11-7-5-6-8-14-24(28)30-3/h4-5,7,9,12,19-20,22-23,27H,1,6,8,10-11,13-18H2,2-3H3/t19-,20-,22?,23?/m1/s1. The second-order valence-electron chi connectivity index (χ2n) is 8.69. The summed E-state index contributed by atoms with van der Waals surface area (Å²) in [5.74, 6) is -0.0166. The predicted octanol–water partition coefficient (Wildman–Crippen LogP) is 4.55. The summed E-state index contributed by atoms with van der Waals surface area (Å²) >= 11 is 0. The summed E-state index contributed by atoms with van der Waals surface area (Å²) in [5.41, 5.74) is -0.00934. The molecule has 168 valence electrons. The van der Waals surface area contributed by atoms with Crippen molar-refractivity contribution in [1.29, 1.82) is 0 Å². The molecule has 2 aliphatic rings. The molecule has 0 aromatic heterocycles. The van der Waals surface area contributed by atoms with E-state index in [4.69, 9.17) is 4.74 Å². The van der Waals surface area contributed by atoms with Gasteiger partial charge in [-0.05, 0) is 44.9 Å². The number of aliphatic hydroxyl groups is 1. The van der Waals surface area contributed by atoms with Crippen LogP contribution in [0.2, 0.25) is 0 Å². The van der Waals surface area contributed by atoms with Crippen LogP contribution in [0.3, 0.4) is 0 Å². The number of carbonyl (C=O) groups is 2. The van der Waals surface area contributed by atoms with Crippen LogP contribution < -0.4 is 0 Å². The van der Waals surface area contributed by atoms with Gasteiger partial charge in [0.05, 0.1) is 19.3 Å². The molecule has 5 nitrogen and oxygen atoms in total. The van der Waals surface area contributed by atoms with Crippen LogP contribution >= 0.6 is 0 Å². The Bertz CT molecular complexity index is 631. The molecule has 0 aromatic carbocycles. The number of ether oxygens (including phenoxy) is 2. The molecule has 0 aromatic rings. The highest BCUT2D eigenvalue weighted by molar-refractivity contribution is 5.84. The van der Waals surface area contributed by atoms with Gasteiger partial charge in [-0.25, -0.2) is 0 Å².